The number of carbonyl (C=O) groups excluding carboxylic acids is 1. The Morgan fingerprint density at radius 3 is 2.71 bits per heavy atom. The molecule has 0 fully saturated rings. The van der Waals surface area contributed by atoms with E-state index in [0.29, 0.717) is 17.7 Å². The molecule has 74 valence electrons. The van der Waals surface area contributed by atoms with Gasteiger partial charge in [-0.3, -0.25) is 4.79 Å². The second-order valence-electron chi connectivity index (χ2n) is 3.65. The van der Waals surface area contributed by atoms with E-state index in [1.54, 1.807) is 6.07 Å². The molecule has 0 aliphatic carbocycles. The zero-order valence-electron chi connectivity index (χ0n) is 8.63. The molecule has 0 unspecified atom stereocenters. The topological polar surface area (TPSA) is 43.1 Å². The molecule has 0 saturated heterocycles. The van der Waals surface area contributed by atoms with E-state index in [0.717, 1.165) is 11.1 Å². The van der Waals surface area contributed by atoms with Crippen LogP contribution >= 0.6 is 0 Å². The molecule has 0 aromatic heterocycles. The van der Waals surface area contributed by atoms with Crippen molar-refractivity contribution in [2.24, 2.45) is 0 Å². The number of rotatable bonds is 3. The summed E-state index contributed by atoms with van der Waals surface area (Å²) in [5.41, 5.74) is 8.77. The van der Waals surface area contributed by atoms with Gasteiger partial charge >= 0.3 is 0 Å². The summed E-state index contributed by atoms with van der Waals surface area (Å²) < 4.78 is 0. The first-order valence-electron chi connectivity index (χ1n) is 4.54. The number of hydrogen-bond acceptors (Lipinski definition) is 2. The first-order valence-corrected chi connectivity index (χ1v) is 4.54. The normalized spacial score (nSPS) is 9.86. The van der Waals surface area contributed by atoms with Crippen molar-refractivity contribution in [3.8, 4) is 0 Å². The Morgan fingerprint density at radius 2 is 2.14 bits per heavy atom. The fraction of sp³-hybridized carbons (Fsp3) is 0.250. The smallest absolute Gasteiger partial charge is 0.168 e. The number of nitrogen functional groups attached to an aromatic ring is 1. The lowest BCUT2D eigenvalue weighted by Crippen LogP contribution is -2.04. The van der Waals surface area contributed by atoms with Crippen LogP contribution in [0.2, 0.25) is 0 Å². The van der Waals surface area contributed by atoms with Crippen molar-refractivity contribution >= 4 is 11.5 Å². The lowest BCUT2D eigenvalue weighted by atomic mass is 10.0. The standard InChI is InChI=1S/C12H15NO/c1-8(2)6-12(14)10-7-9(3)4-5-11(10)13/h4-5,7H,1,6,13H2,2-3H3. The van der Waals surface area contributed by atoms with E-state index < -0.39 is 0 Å². The van der Waals surface area contributed by atoms with Crippen LogP contribution in [0, 0.1) is 6.92 Å². The average molecular weight is 189 g/mol. The Bertz CT molecular complexity index is 380. The van der Waals surface area contributed by atoms with Crippen LogP contribution < -0.4 is 5.73 Å². The van der Waals surface area contributed by atoms with Crippen LogP contribution in [-0.2, 0) is 0 Å². The van der Waals surface area contributed by atoms with Gasteiger partial charge in [0.2, 0.25) is 0 Å². The van der Waals surface area contributed by atoms with E-state index in [2.05, 4.69) is 6.58 Å². The SMILES string of the molecule is C=C(C)CC(=O)c1cc(C)ccc1N. The minimum atomic E-state index is 0.0405. The second kappa shape index (κ2) is 4.09. The third-order valence-corrected chi connectivity index (χ3v) is 1.97. The van der Waals surface area contributed by atoms with Gasteiger partial charge in [0.15, 0.2) is 5.78 Å². The minimum Gasteiger partial charge on any atom is -0.398 e. The highest BCUT2D eigenvalue weighted by molar-refractivity contribution is 6.02. The molecule has 0 saturated carbocycles. The molecule has 0 aliphatic heterocycles. The lowest BCUT2D eigenvalue weighted by Gasteiger charge is -2.05. The van der Waals surface area contributed by atoms with Crippen LogP contribution in [0.3, 0.4) is 0 Å². The minimum absolute atomic E-state index is 0.0405. The molecule has 0 bridgehead atoms. The van der Waals surface area contributed by atoms with Crippen LogP contribution in [0.15, 0.2) is 30.4 Å². The first kappa shape index (κ1) is 10.5. The molecule has 14 heavy (non-hydrogen) atoms. The van der Waals surface area contributed by atoms with Crippen molar-refractivity contribution in [2.45, 2.75) is 20.3 Å². The van der Waals surface area contributed by atoms with Gasteiger partial charge in [0.25, 0.3) is 0 Å². The molecule has 0 heterocycles. The maximum atomic E-state index is 11.7. The van der Waals surface area contributed by atoms with Gasteiger partial charge in [0.1, 0.15) is 0 Å². The number of aryl methyl sites for hydroxylation is 1. The highest BCUT2D eigenvalue weighted by atomic mass is 16.1. The van der Waals surface area contributed by atoms with Crippen molar-refractivity contribution < 1.29 is 4.79 Å². The summed E-state index contributed by atoms with van der Waals surface area (Å²) >= 11 is 0. The molecule has 0 spiro atoms. The van der Waals surface area contributed by atoms with Gasteiger partial charge in [0, 0.05) is 17.7 Å². The summed E-state index contributed by atoms with van der Waals surface area (Å²) in [7, 11) is 0. The van der Waals surface area contributed by atoms with E-state index in [-0.39, 0.29) is 5.78 Å². The lowest BCUT2D eigenvalue weighted by molar-refractivity contribution is 0.0994. The van der Waals surface area contributed by atoms with Gasteiger partial charge in [-0.1, -0.05) is 23.8 Å². The van der Waals surface area contributed by atoms with Gasteiger partial charge in [-0.2, -0.15) is 0 Å². The molecule has 2 N–H and O–H groups in total. The third-order valence-electron chi connectivity index (χ3n) is 1.97. The summed E-state index contributed by atoms with van der Waals surface area (Å²) in [6, 6.07) is 5.48. The van der Waals surface area contributed by atoms with E-state index in [1.165, 1.54) is 0 Å². The Labute approximate surface area is 84.4 Å². The summed E-state index contributed by atoms with van der Waals surface area (Å²) in [6.07, 6.45) is 0.369. The molecule has 0 amide bonds. The number of Topliss-reactive ketones (excluding diaryl/α,β-unsaturated/α-hetero) is 1. The van der Waals surface area contributed by atoms with Crippen molar-refractivity contribution in [3.05, 3.63) is 41.5 Å². The fourth-order valence-electron chi connectivity index (χ4n) is 1.28. The molecule has 1 aromatic rings. The van der Waals surface area contributed by atoms with Crippen LogP contribution in [0.1, 0.15) is 29.3 Å². The second-order valence-corrected chi connectivity index (χ2v) is 3.65. The molecular formula is C12H15NO. The van der Waals surface area contributed by atoms with Gasteiger partial charge in [-0.05, 0) is 26.0 Å². The van der Waals surface area contributed by atoms with Gasteiger partial charge in [0.05, 0.1) is 0 Å². The van der Waals surface area contributed by atoms with E-state index >= 15 is 0 Å². The zero-order valence-corrected chi connectivity index (χ0v) is 8.63. The third kappa shape index (κ3) is 2.46. The Morgan fingerprint density at radius 1 is 1.50 bits per heavy atom. The van der Waals surface area contributed by atoms with Crippen molar-refractivity contribution in [3.63, 3.8) is 0 Å². The van der Waals surface area contributed by atoms with Gasteiger partial charge in [-0.25, -0.2) is 0 Å². The average Bonchev–Trinajstić information content (AvgIpc) is 2.08. The molecule has 1 rings (SSSR count). The van der Waals surface area contributed by atoms with E-state index in [4.69, 9.17) is 5.73 Å². The van der Waals surface area contributed by atoms with Gasteiger partial charge in [-0.15, -0.1) is 0 Å². The Hall–Kier alpha value is -1.57. The van der Waals surface area contributed by atoms with Crippen LogP contribution in [0.25, 0.3) is 0 Å². The highest BCUT2D eigenvalue weighted by Gasteiger charge is 2.09. The van der Waals surface area contributed by atoms with Crippen molar-refractivity contribution in [1.29, 1.82) is 0 Å². The maximum Gasteiger partial charge on any atom is 0.168 e. The zero-order chi connectivity index (χ0) is 10.7. The van der Waals surface area contributed by atoms with E-state index in [1.807, 2.05) is 26.0 Å². The highest BCUT2D eigenvalue weighted by Crippen LogP contribution is 2.17. The molecule has 0 radical (unpaired) electrons. The monoisotopic (exact) mass is 189 g/mol. The number of ketones is 1. The molecule has 1 aromatic carbocycles. The molecule has 0 aliphatic rings. The summed E-state index contributed by atoms with van der Waals surface area (Å²) in [5, 5.41) is 0. The first-order chi connectivity index (χ1) is 6.50. The Kier molecular flexibility index (Phi) is 3.07. The predicted molar refractivity (Wildman–Crippen MR) is 59.4 cm³/mol. The number of nitrogens with two attached hydrogens (primary N) is 1. The Balaban J connectivity index is 3.00. The number of allylic oxidation sites excluding steroid dienone is 1. The van der Waals surface area contributed by atoms with Crippen molar-refractivity contribution in [2.75, 3.05) is 5.73 Å². The number of carbonyl (C=O) groups is 1. The van der Waals surface area contributed by atoms with Crippen molar-refractivity contribution in [1.82, 2.24) is 0 Å². The fourth-order valence-corrected chi connectivity index (χ4v) is 1.28. The molecular weight excluding hydrogens is 174 g/mol. The van der Waals surface area contributed by atoms with Gasteiger partial charge < -0.3 is 5.73 Å². The summed E-state index contributed by atoms with van der Waals surface area (Å²) in [6.45, 7) is 7.49. The molecule has 0 atom stereocenters. The molecule has 2 heteroatoms. The molecule has 2 nitrogen and oxygen atoms in total. The maximum absolute atomic E-state index is 11.7. The summed E-state index contributed by atoms with van der Waals surface area (Å²) in [4.78, 5) is 11.7. The number of benzene rings is 1. The summed E-state index contributed by atoms with van der Waals surface area (Å²) in [5.74, 6) is 0.0405. The largest absolute Gasteiger partial charge is 0.398 e. The quantitative estimate of drug-likeness (QED) is 0.451. The number of anilines is 1. The van der Waals surface area contributed by atoms with E-state index in [9.17, 15) is 4.79 Å². The van der Waals surface area contributed by atoms with Crippen LogP contribution in [0.4, 0.5) is 5.69 Å². The number of hydrogen-bond donors (Lipinski definition) is 1. The predicted octanol–water partition coefficient (Wildman–Crippen LogP) is 2.73. The van der Waals surface area contributed by atoms with Crippen LogP contribution in [0.5, 0.6) is 0 Å². The van der Waals surface area contributed by atoms with Crippen LogP contribution in [-0.4, -0.2) is 5.78 Å².